The third-order valence-electron chi connectivity index (χ3n) is 5.30. The summed E-state index contributed by atoms with van der Waals surface area (Å²) in [6, 6.07) is 11.1. The third-order valence-corrected chi connectivity index (χ3v) is 7.49. The number of carbonyl (C=O) groups excluding carboxylic acids is 1. The van der Waals surface area contributed by atoms with E-state index in [2.05, 4.69) is 10.3 Å². The van der Waals surface area contributed by atoms with Crippen LogP contribution in [0.15, 0.2) is 53.0 Å². The van der Waals surface area contributed by atoms with Crippen molar-refractivity contribution in [2.24, 2.45) is 0 Å². The smallest absolute Gasteiger partial charge is 0.269 e. The number of hydrogen-bond donors (Lipinski definition) is 1. The van der Waals surface area contributed by atoms with Crippen LogP contribution in [0.2, 0.25) is 5.02 Å². The minimum absolute atomic E-state index is 0.0298. The van der Waals surface area contributed by atoms with Gasteiger partial charge in [0.1, 0.15) is 28.6 Å². The Hall–Kier alpha value is -3.68. The molecule has 174 valence electrons. The lowest BCUT2D eigenvalue weighted by Gasteiger charge is -2.12. The summed E-state index contributed by atoms with van der Waals surface area (Å²) in [5.41, 5.74) is 0.0235. The Balaban J connectivity index is 1.76. The zero-order valence-corrected chi connectivity index (χ0v) is 19.6. The van der Waals surface area contributed by atoms with Gasteiger partial charge in [0, 0.05) is 17.3 Å². The van der Waals surface area contributed by atoms with E-state index >= 15 is 0 Å². The minimum atomic E-state index is -3.22. The van der Waals surface area contributed by atoms with Crippen molar-refractivity contribution in [3.63, 3.8) is 0 Å². The molecule has 3 heterocycles. The lowest BCUT2D eigenvalue weighted by atomic mass is 10.1. The zero-order chi connectivity index (χ0) is 24.5. The predicted molar refractivity (Wildman–Crippen MR) is 127 cm³/mol. The van der Waals surface area contributed by atoms with Gasteiger partial charge in [-0.3, -0.25) is 14.0 Å². The van der Waals surface area contributed by atoms with Gasteiger partial charge >= 0.3 is 0 Å². The molecule has 2 aromatic heterocycles. The predicted octanol–water partition coefficient (Wildman–Crippen LogP) is 2.66. The van der Waals surface area contributed by atoms with Gasteiger partial charge in [0.15, 0.2) is 9.84 Å². The molecule has 1 aliphatic heterocycles. The second-order valence-electron chi connectivity index (χ2n) is 7.82. The van der Waals surface area contributed by atoms with Gasteiger partial charge in [-0.05, 0) is 55.3 Å². The summed E-state index contributed by atoms with van der Waals surface area (Å²) in [4.78, 5) is 30.3. The molecule has 1 unspecified atom stereocenters. The molecule has 9 nitrogen and oxygen atoms in total. The molecule has 0 radical (unpaired) electrons. The SMILES string of the molecule is Cc1cc(Oc2nc3ccccn3c(=O)c2/C=C(\C#N)C(=O)NC2CCS(=O)(=O)C2)ccc1Cl. The molecule has 1 fully saturated rings. The fraction of sp³-hybridized carbons (Fsp3) is 0.217. The first kappa shape index (κ1) is 23.5. The van der Waals surface area contributed by atoms with Crippen LogP contribution in [0.3, 0.4) is 0 Å². The van der Waals surface area contributed by atoms with Crippen molar-refractivity contribution in [3.8, 4) is 17.7 Å². The highest BCUT2D eigenvalue weighted by Gasteiger charge is 2.30. The number of benzene rings is 1. The average molecular weight is 499 g/mol. The number of nitrogens with one attached hydrogen (secondary N) is 1. The molecule has 34 heavy (non-hydrogen) atoms. The number of aryl methyl sites for hydroxylation is 1. The quantitative estimate of drug-likeness (QED) is 0.422. The first-order chi connectivity index (χ1) is 16.2. The first-order valence-electron chi connectivity index (χ1n) is 10.3. The normalized spacial score (nSPS) is 17.3. The minimum Gasteiger partial charge on any atom is -0.438 e. The number of pyridine rings is 1. The van der Waals surface area contributed by atoms with E-state index in [4.69, 9.17) is 16.3 Å². The monoisotopic (exact) mass is 498 g/mol. The number of nitrogens with zero attached hydrogens (tertiary/aromatic N) is 3. The number of nitriles is 1. The van der Waals surface area contributed by atoms with E-state index in [1.807, 2.05) is 0 Å². The molecule has 4 rings (SSSR count). The molecule has 1 atom stereocenters. The standard InChI is InChI=1S/C23H19ClN4O5S/c1-14-10-17(5-6-19(14)24)33-22-18(23(30)28-8-3-2-4-20(28)27-22)11-15(12-25)21(29)26-16-7-9-34(31,32)13-16/h2-6,8,10-11,16H,7,9,13H2,1H3,(H,26,29)/b15-11+. The van der Waals surface area contributed by atoms with Gasteiger partial charge in [0.05, 0.1) is 11.5 Å². The Morgan fingerprint density at radius 1 is 1.35 bits per heavy atom. The van der Waals surface area contributed by atoms with Crippen LogP contribution < -0.4 is 15.6 Å². The van der Waals surface area contributed by atoms with Crippen molar-refractivity contribution >= 4 is 39.1 Å². The maximum absolute atomic E-state index is 13.2. The van der Waals surface area contributed by atoms with Crippen LogP contribution in [0, 0.1) is 18.3 Å². The number of rotatable bonds is 5. The molecule has 0 bridgehead atoms. The first-order valence-corrected chi connectivity index (χ1v) is 12.5. The van der Waals surface area contributed by atoms with Crippen molar-refractivity contribution in [1.82, 2.24) is 14.7 Å². The van der Waals surface area contributed by atoms with Gasteiger partial charge in [-0.15, -0.1) is 0 Å². The molecule has 0 aliphatic carbocycles. The molecule has 0 spiro atoms. The van der Waals surface area contributed by atoms with E-state index in [0.29, 0.717) is 16.4 Å². The van der Waals surface area contributed by atoms with Gasteiger partial charge in [-0.25, -0.2) is 8.42 Å². The third kappa shape index (κ3) is 4.95. The number of hydrogen-bond acceptors (Lipinski definition) is 7. The molecule has 3 aromatic rings. The second kappa shape index (κ2) is 9.29. The Morgan fingerprint density at radius 3 is 2.82 bits per heavy atom. The highest BCUT2D eigenvalue weighted by molar-refractivity contribution is 7.91. The number of amides is 1. The van der Waals surface area contributed by atoms with Gasteiger partial charge in [0.25, 0.3) is 11.5 Å². The number of sulfone groups is 1. The lowest BCUT2D eigenvalue weighted by molar-refractivity contribution is -0.117. The molecule has 1 N–H and O–H groups in total. The summed E-state index contributed by atoms with van der Waals surface area (Å²) in [5, 5.41) is 12.7. The average Bonchev–Trinajstić information content (AvgIpc) is 3.14. The fourth-order valence-corrected chi connectivity index (χ4v) is 5.33. The molecule has 0 saturated carbocycles. The van der Waals surface area contributed by atoms with Crippen LogP contribution in [0.5, 0.6) is 11.6 Å². The van der Waals surface area contributed by atoms with Crippen LogP contribution >= 0.6 is 11.6 Å². The molecular formula is C23H19ClN4O5S. The Bertz CT molecular complexity index is 1540. The van der Waals surface area contributed by atoms with Crippen LogP contribution in [0.4, 0.5) is 0 Å². The van der Waals surface area contributed by atoms with Crippen molar-refractivity contribution in [2.45, 2.75) is 19.4 Å². The van der Waals surface area contributed by atoms with E-state index in [9.17, 15) is 23.3 Å². The molecule has 11 heteroatoms. The van der Waals surface area contributed by atoms with Gasteiger partial charge in [-0.1, -0.05) is 17.7 Å². The summed E-state index contributed by atoms with van der Waals surface area (Å²) in [6.45, 7) is 1.79. The highest BCUT2D eigenvalue weighted by atomic mass is 35.5. The van der Waals surface area contributed by atoms with Crippen LogP contribution in [0.25, 0.3) is 11.7 Å². The maximum Gasteiger partial charge on any atom is 0.269 e. The summed E-state index contributed by atoms with van der Waals surface area (Å²) in [6.07, 6.45) is 2.87. The van der Waals surface area contributed by atoms with Gasteiger partial charge in [0.2, 0.25) is 5.88 Å². The summed E-state index contributed by atoms with van der Waals surface area (Å²) in [5.74, 6) is -0.736. The largest absolute Gasteiger partial charge is 0.438 e. The molecule has 1 aliphatic rings. The van der Waals surface area contributed by atoms with Crippen LogP contribution in [-0.4, -0.2) is 41.3 Å². The van der Waals surface area contributed by atoms with E-state index < -0.39 is 27.3 Å². The van der Waals surface area contributed by atoms with Gasteiger partial charge in [-0.2, -0.15) is 10.2 Å². The summed E-state index contributed by atoms with van der Waals surface area (Å²) >= 11 is 6.08. The number of fused-ring (bicyclic) bond motifs is 1. The summed E-state index contributed by atoms with van der Waals surface area (Å²) in [7, 11) is -3.22. The maximum atomic E-state index is 13.2. The van der Waals surface area contributed by atoms with Crippen molar-refractivity contribution in [3.05, 3.63) is 74.7 Å². The van der Waals surface area contributed by atoms with Crippen LogP contribution in [-0.2, 0) is 14.6 Å². The van der Waals surface area contributed by atoms with Gasteiger partial charge < -0.3 is 10.1 Å². The summed E-state index contributed by atoms with van der Waals surface area (Å²) < 4.78 is 30.5. The van der Waals surface area contributed by atoms with Crippen molar-refractivity contribution in [1.29, 1.82) is 5.26 Å². The van der Waals surface area contributed by atoms with E-state index in [1.165, 1.54) is 10.6 Å². The van der Waals surface area contributed by atoms with Crippen molar-refractivity contribution in [2.75, 3.05) is 11.5 Å². The number of aromatic nitrogens is 2. The molecule has 1 amide bonds. The van der Waals surface area contributed by atoms with E-state index in [1.54, 1.807) is 49.4 Å². The number of halogens is 1. The Kier molecular flexibility index (Phi) is 6.41. The van der Waals surface area contributed by atoms with Crippen LogP contribution in [0.1, 0.15) is 17.5 Å². The topological polar surface area (TPSA) is 131 Å². The second-order valence-corrected chi connectivity index (χ2v) is 10.5. The van der Waals surface area contributed by atoms with Crippen molar-refractivity contribution < 1.29 is 17.9 Å². The number of carbonyl (C=O) groups is 1. The molecular weight excluding hydrogens is 480 g/mol. The lowest BCUT2D eigenvalue weighted by Crippen LogP contribution is -2.36. The molecule has 1 saturated heterocycles. The Morgan fingerprint density at radius 2 is 2.15 bits per heavy atom. The Labute approximate surface area is 200 Å². The highest BCUT2D eigenvalue weighted by Crippen LogP contribution is 2.27. The zero-order valence-electron chi connectivity index (χ0n) is 18.0. The molecule has 1 aromatic carbocycles. The van der Waals surface area contributed by atoms with E-state index in [0.717, 1.165) is 11.6 Å². The fourth-order valence-electron chi connectivity index (χ4n) is 3.54. The number of ether oxygens (including phenoxy) is 1. The van der Waals surface area contributed by atoms with E-state index in [-0.39, 0.29) is 34.9 Å².